The van der Waals surface area contributed by atoms with E-state index in [0.29, 0.717) is 21.7 Å². The van der Waals surface area contributed by atoms with Crippen molar-refractivity contribution in [2.24, 2.45) is 5.10 Å². The molecule has 172 valence electrons. The van der Waals surface area contributed by atoms with Gasteiger partial charge in [0.05, 0.1) is 18.6 Å². The van der Waals surface area contributed by atoms with E-state index >= 15 is 0 Å². The molecule has 0 spiro atoms. The van der Waals surface area contributed by atoms with E-state index in [2.05, 4.69) is 20.7 Å². The van der Waals surface area contributed by atoms with E-state index in [4.69, 9.17) is 16.3 Å². The third-order valence-corrected chi connectivity index (χ3v) is 6.12. The molecule has 0 unspecified atom stereocenters. The number of aromatic nitrogens is 3. The van der Waals surface area contributed by atoms with Gasteiger partial charge in [-0.15, -0.1) is 10.2 Å². The number of hydrogen-bond donors (Lipinski definition) is 1. The molecule has 4 aromatic rings. The van der Waals surface area contributed by atoms with E-state index in [1.165, 1.54) is 11.8 Å². The largest absolute Gasteiger partial charge is 0.497 e. The molecule has 1 amide bonds. The third-order valence-electron chi connectivity index (χ3n) is 4.94. The van der Waals surface area contributed by atoms with Gasteiger partial charge in [-0.2, -0.15) is 5.10 Å². The van der Waals surface area contributed by atoms with Crippen LogP contribution in [0.3, 0.4) is 0 Å². The second-order valence-electron chi connectivity index (χ2n) is 7.23. The van der Waals surface area contributed by atoms with Gasteiger partial charge in [0.1, 0.15) is 5.75 Å². The Morgan fingerprint density at radius 2 is 1.74 bits per heavy atom. The zero-order valence-corrected chi connectivity index (χ0v) is 20.2. The molecule has 0 radical (unpaired) electrons. The number of nitrogens with one attached hydrogen (secondary N) is 1. The highest BCUT2D eigenvalue weighted by Crippen LogP contribution is 2.28. The Bertz CT molecular complexity index is 1290. The van der Waals surface area contributed by atoms with Gasteiger partial charge in [-0.25, -0.2) is 5.43 Å². The number of ether oxygens (including phenoxy) is 1. The fourth-order valence-electron chi connectivity index (χ4n) is 3.16. The van der Waals surface area contributed by atoms with Crippen LogP contribution >= 0.6 is 23.4 Å². The predicted octanol–water partition coefficient (Wildman–Crippen LogP) is 5.23. The molecule has 0 fully saturated rings. The number of hydrogen-bond acceptors (Lipinski definition) is 6. The summed E-state index contributed by atoms with van der Waals surface area (Å²) in [6, 6.07) is 24.6. The van der Waals surface area contributed by atoms with Crippen LogP contribution in [0.2, 0.25) is 5.02 Å². The molecule has 0 aliphatic heterocycles. The van der Waals surface area contributed by atoms with E-state index in [0.717, 1.165) is 22.6 Å². The minimum Gasteiger partial charge on any atom is -0.497 e. The fourth-order valence-corrected chi connectivity index (χ4v) is 4.03. The Balaban J connectivity index is 1.49. The first-order chi connectivity index (χ1) is 16.5. The summed E-state index contributed by atoms with van der Waals surface area (Å²) in [5.41, 5.74) is 5.96. The molecular weight excluding hydrogens is 470 g/mol. The van der Waals surface area contributed by atoms with Crippen molar-refractivity contribution in [3.63, 3.8) is 0 Å². The second-order valence-corrected chi connectivity index (χ2v) is 8.61. The van der Waals surface area contributed by atoms with Gasteiger partial charge in [0.15, 0.2) is 11.0 Å². The number of carbonyl (C=O) groups is 1. The zero-order chi connectivity index (χ0) is 23.9. The maximum atomic E-state index is 12.5. The maximum absolute atomic E-state index is 12.5. The summed E-state index contributed by atoms with van der Waals surface area (Å²) >= 11 is 7.33. The van der Waals surface area contributed by atoms with Crippen molar-refractivity contribution in [1.82, 2.24) is 20.2 Å². The first kappa shape index (κ1) is 23.5. The smallest absolute Gasteiger partial charge is 0.250 e. The van der Waals surface area contributed by atoms with Crippen molar-refractivity contribution in [3.8, 4) is 22.8 Å². The average molecular weight is 492 g/mol. The quantitative estimate of drug-likeness (QED) is 0.207. The molecule has 1 aromatic heterocycles. The van der Waals surface area contributed by atoms with Crippen molar-refractivity contribution < 1.29 is 9.53 Å². The number of hydrazone groups is 1. The predicted molar refractivity (Wildman–Crippen MR) is 136 cm³/mol. The van der Waals surface area contributed by atoms with Crippen LogP contribution < -0.4 is 10.2 Å². The lowest BCUT2D eigenvalue weighted by atomic mass is 10.1. The van der Waals surface area contributed by atoms with Gasteiger partial charge in [0.2, 0.25) is 0 Å². The van der Waals surface area contributed by atoms with Gasteiger partial charge >= 0.3 is 0 Å². The van der Waals surface area contributed by atoms with Gasteiger partial charge in [0.25, 0.3) is 5.91 Å². The summed E-state index contributed by atoms with van der Waals surface area (Å²) in [5.74, 6) is 1.32. The molecule has 0 saturated carbocycles. The van der Waals surface area contributed by atoms with Gasteiger partial charge in [-0.3, -0.25) is 9.36 Å². The molecule has 0 atom stereocenters. The van der Waals surface area contributed by atoms with Crippen molar-refractivity contribution in [2.75, 3.05) is 12.9 Å². The summed E-state index contributed by atoms with van der Waals surface area (Å²) in [4.78, 5) is 12.5. The molecule has 9 heteroatoms. The molecule has 34 heavy (non-hydrogen) atoms. The number of thioether (sulfide) groups is 1. The number of methoxy groups -OCH3 is 1. The van der Waals surface area contributed by atoms with Crippen LogP contribution in [0, 0.1) is 0 Å². The number of benzene rings is 3. The normalized spacial score (nSPS) is 11.3. The van der Waals surface area contributed by atoms with Crippen LogP contribution in [-0.4, -0.2) is 39.2 Å². The Labute approximate surface area is 206 Å². The van der Waals surface area contributed by atoms with E-state index in [1.807, 2.05) is 90.4 Å². The molecular formula is C25H22ClN5O2S. The van der Waals surface area contributed by atoms with E-state index < -0.39 is 0 Å². The van der Waals surface area contributed by atoms with E-state index in [9.17, 15) is 4.79 Å². The average Bonchev–Trinajstić information content (AvgIpc) is 3.31. The highest BCUT2D eigenvalue weighted by atomic mass is 35.5. The molecule has 1 heterocycles. The lowest BCUT2D eigenvalue weighted by molar-refractivity contribution is -0.118. The maximum Gasteiger partial charge on any atom is 0.250 e. The first-order valence-electron chi connectivity index (χ1n) is 10.4. The Morgan fingerprint density at radius 1 is 1.03 bits per heavy atom. The van der Waals surface area contributed by atoms with E-state index in [1.54, 1.807) is 7.11 Å². The van der Waals surface area contributed by atoms with Gasteiger partial charge in [-0.05, 0) is 73.2 Å². The Morgan fingerprint density at radius 3 is 2.41 bits per heavy atom. The molecule has 3 aromatic carbocycles. The number of amides is 1. The summed E-state index contributed by atoms with van der Waals surface area (Å²) in [6.07, 6.45) is 0. The topological polar surface area (TPSA) is 81.4 Å². The number of halogens is 1. The highest BCUT2D eigenvalue weighted by Gasteiger charge is 2.17. The zero-order valence-electron chi connectivity index (χ0n) is 18.6. The third kappa shape index (κ3) is 5.65. The molecule has 0 aliphatic carbocycles. The van der Waals surface area contributed by atoms with Crippen LogP contribution in [-0.2, 0) is 4.79 Å². The molecule has 7 nitrogen and oxygen atoms in total. The number of nitrogens with zero attached hydrogens (tertiary/aromatic N) is 4. The summed E-state index contributed by atoms with van der Waals surface area (Å²) in [7, 11) is 1.62. The van der Waals surface area contributed by atoms with Gasteiger partial charge in [0, 0.05) is 16.3 Å². The Hall–Kier alpha value is -3.62. The van der Waals surface area contributed by atoms with Gasteiger partial charge in [-0.1, -0.05) is 41.6 Å². The minimum absolute atomic E-state index is 0.130. The van der Waals surface area contributed by atoms with Crippen LogP contribution in [0.4, 0.5) is 0 Å². The number of carbonyl (C=O) groups excluding carboxylic acids is 1. The number of rotatable bonds is 8. The highest BCUT2D eigenvalue weighted by molar-refractivity contribution is 7.99. The van der Waals surface area contributed by atoms with Crippen molar-refractivity contribution in [1.29, 1.82) is 0 Å². The SMILES string of the molecule is COc1ccc(/C(C)=N/NC(=O)CSc2nnc(-c3ccc(Cl)cc3)n2-c2ccccc2)cc1. The van der Waals surface area contributed by atoms with Crippen LogP contribution in [0.25, 0.3) is 17.1 Å². The lowest BCUT2D eigenvalue weighted by Crippen LogP contribution is -2.21. The second kappa shape index (κ2) is 11.0. The van der Waals surface area contributed by atoms with Crippen LogP contribution in [0.1, 0.15) is 12.5 Å². The van der Waals surface area contributed by atoms with Crippen LogP contribution in [0.15, 0.2) is 89.1 Å². The summed E-state index contributed by atoms with van der Waals surface area (Å²) in [6.45, 7) is 1.83. The standard InChI is InChI=1S/C25H22ClN5O2S/c1-17(18-10-14-22(33-2)15-11-18)27-28-23(32)16-34-25-30-29-24(19-8-12-20(26)13-9-19)31(25)21-6-4-3-5-7-21/h3-15H,16H2,1-2H3,(H,28,32)/b27-17+. The minimum atomic E-state index is -0.242. The van der Waals surface area contributed by atoms with Crippen LogP contribution in [0.5, 0.6) is 5.75 Å². The first-order valence-corrected chi connectivity index (χ1v) is 11.8. The van der Waals surface area contributed by atoms with E-state index in [-0.39, 0.29) is 11.7 Å². The van der Waals surface area contributed by atoms with Crippen molar-refractivity contribution in [2.45, 2.75) is 12.1 Å². The number of para-hydroxylation sites is 1. The van der Waals surface area contributed by atoms with Crippen molar-refractivity contribution >= 4 is 35.0 Å². The summed E-state index contributed by atoms with van der Waals surface area (Å²) in [5, 5.41) is 14.2. The molecule has 4 rings (SSSR count). The molecule has 0 bridgehead atoms. The van der Waals surface area contributed by atoms with Crippen molar-refractivity contribution in [3.05, 3.63) is 89.4 Å². The summed E-state index contributed by atoms with van der Waals surface area (Å²) < 4.78 is 7.09. The fraction of sp³-hybridized carbons (Fsp3) is 0.120. The monoisotopic (exact) mass is 491 g/mol. The molecule has 1 N–H and O–H groups in total. The molecule has 0 aliphatic rings. The lowest BCUT2D eigenvalue weighted by Gasteiger charge is -2.10. The molecule has 0 saturated heterocycles. The Kier molecular flexibility index (Phi) is 7.61. The van der Waals surface area contributed by atoms with Gasteiger partial charge < -0.3 is 4.74 Å².